The van der Waals surface area contributed by atoms with Gasteiger partial charge in [-0.1, -0.05) is 42.0 Å². The van der Waals surface area contributed by atoms with Crippen LogP contribution in [0.3, 0.4) is 0 Å². The molecular formula is C68H83N7O11. The zero-order valence-electron chi connectivity index (χ0n) is 50.4. The molecule has 1 unspecified atom stereocenters. The highest BCUT2D eigenvalue weighted by molar-refractivity contribution is 6.05. The molecule has 5 saturated heterocycles. The van der Waals surface area contributed by atoms with Crippen molar-refractivity contribution in [3.8, 4) is 11.5 Å². The van der Waals surface area contributed by atoms with Gasteiger partial charge in [-0.05, 0) is 162 Å². The summed E-state index contributed by atoms with van der Waals surface area (Å²) in [5.74, 6) is 1.60. The Kier molecular flexibility index (Phi) is 25.7. The minimum Gasteiger partial charge on any atom is -0.497 e. The minimum atomic E-state index is -0.217. The molecule has 6 aliphatic rings. The van der Waals surface area contributed by atoms with Crippen LogP contribution in [-0.2, 0) is 32.3 Å². The van der Waals surface area contributed by atoms with Gasteiger partial charge < -0.3 is 43.3 Å². The van der Waals surface area contributed by atoms with E-state index in [1.165, 1.54) is 24.2 Å². The lowest BCUT2D eigenvalue weighted by molar-refractivity contribution is -0.125. The summed E-state index contributed by atoms with van der Waals surface area (Å²) in [6.07, 6.45) is 16.9. The number of nitrogens with zero attached hydrogens (tertiary/aromatic N) is 7. The Labute approximate surface area is 505 Å². The van der Waals surface area contributed by atoms with Crippen LogP contribution in [0.25, 0.3) is 11.0 Å². The van der Waals surface area contributed by atoms with Crippen LogP contribution in [0.5, 0.6) is 11.5 Å². The van der Waals surface area contributed by atoms with E-state index >= 15 is 0 Å². The van der Waals surface area contributed by atoms with Crippen molar-refractivity contribution in [2.75, 3.05) is 73.2 Å². The fourth-order valence-electron chi connectivity index (χ4n) is 10.9. The molecule has 0 radical (unpaired) electrons. The Bertz CT molecular complexity index is 3160. The van der Waals surface area contributed by atoms with Crippen LogP contribution in [0.1, 0.15) is 159 Å². The molecule has 456 valence electrons. The molecule has 1 atom stereocenters. The second-order valence-electron chi connectivity index (χ2n) is 21.7. The molecule has 0 bridgehead atoms. The molecule has 18 nitrogen and oxygen atoms in total. The van der Waals surface area contributed by atoms with Gasteiger partial charge >= 0.3 is 0 Å². The van der Waals surface area contributed by atoms with Crippen molar-refractivity contribution in [1.29, 1.82) is 0 Å². The van der Waals surface area contributed by atoms with E-state index < -0.39 is 0 Å². The molecule has 0 aliphatic carbocycles. The van der Waals surface area contributed by atoms with Crippen molar-refractivity contribution < 1.29 is 52.5 Å². The number of likely N-dealkylation sites (tertiary alicyclic amines) is 4. The largest absolute Gasteiger partial charge is 0.497 e. The summed E-state index contributed by atoms with van der Waals surface area (Å²) in [5.41, 5.74) is 8.38. The molecule has 0 saturated carbocycles. The van der Waals surface area contributed by atoms with E-state index in [0.29, 0.717) is 55.4 Å². The molecule has 6 aliphatic heterocycles. The smallest absolute Gasteiger partial charge is 0.260 e. The number of imide groups is 1. The Balaban J connectivity index is 0.000000153. The summed E-state index contributed by atoms with van der Waals surface area (Å²) in [7, 11) is 3.24. The first kappa shape index (κ1) is 65.2. The molecule has 5 aromatic carbocycles. The zero-order valence-corrected chi connectivity index (χ0v) is 50.4. The highest BCUT2D eigenvalue weighted by Crippen LogP contribution is 2.35. The molecular weight excluding hydrogens is 1090 g/mol. The van der Waals surface area contributed by atoms with Gasteiger partial charge in [0.1, 0.15) is 18.3 Å². The number of carbonyl (C=O) groups is 7. The lowest BCUT2D eigenvalue weighted by Crippen LogP contribution is -2.42. The number of benzene rings is 5. The first-order chi connectivity index (χ1) is 41.9. The van der Waals surface area contributed by atoms with Crippen molar-refractivity contribution in [3.63, 3.8) is 0 Å². The number of carbonyl (C=O) groups excluding carboxylic acids is 7. The number of amides is 6. The summed E-state index contributed by atoms with van der Waals surface area (Å²) >= 11 is 0. The average molecular weight is 1170 g/mol. The van der Waals surface area contributed by atoms with Gasteiger partial charge in [0.25, 0.3) is 29.5 Å². The van der Waals surface area contributed by atoms with Gasteiger partial charge in [-0.3, -0.25) is 43.6 Å². The van der Waals surface area contributed by atoms with Crippen molar-refractivity contribution in [3.05, 3.63) is 166 Å². The van der Waals surface area contributed by atoms with Gasteiger partial charge in [0.05, 0.1) is 36.9 Å². The fraction of sp³-hybridized carbons (Fsp3) is 0.426. The summed E-state index contributed by atoms with van der Waals surface area (Å²) in [6.45, 7) is 14.7. The number of piperidine rings is 3. The second-order valence-corrected chi connectivity index (χ2v) is 21.7. The standard InChI is InChI=1S/C15H21NO2.C14H19NO2.C13H11N3O2.C13H17NO.C12H13NO3.CH2O/c1-2-18-12-13-6-8-14(9-7-13)15(17)16-10-4-3-5-11-16;1-17-11-12-5-7-13(8-6-12)14(16)15-9-3-2-4-10-15;17-13-8-6-9-10(15-4-3-14-9)7-11(8)18-12-2-1-5-16(12)13;1-11-6-5-7-12(10-11)13(15)14-8-3-2-4-9-14;1-16-10-6-4-9(5-7-10)12(15)13-8-2-3-11(13)14;1-2/h6-9H,2-5,10-12H2,1H3;5-8H,2-4,9-11H2,1H3;3-4,6-7,12H,1-2,5H2;5-7,10H,2-4,8-9H2,1H3;4-7H,2-3,8H2,1H3;1H2. The summed E-state index contributed by atoms with van der Waals surface area (Å²) in [5, 5.41) is 0. The van der Waals surface area contributed by atoms with Gasteiger partial charge in [-0.15, -0.1) is 0 Å². The molecule has 1 aromatic heterocycles. The van der Waals surface area contributed by atoms with Gasteiger partial charge in [0, 0.05) is 120 Å². The van der Waals surface area contributed by atoms with E-state index in [1.54, 1.807) is 61.8 Å². The highest BCUT2D eigenvalue weighted by Gasteiger charge is 2.37. The number of methoxy groups -OCH3 is 2. The van der Waals surface area contributed by atoms with Gasteiger partial charge in [0.2, 0.25) is 5.91 Å². The SMILES string of the molecule is C=O.CCOCc1ccc(C(=O)N2CCCCC2)cc1.COCc1ccc(C(=O)N2CCCCC2)cc1.COc1ccc(C(=O)N2CCCC2=O)cc1.Cc1cccc(C(=O)N2CCCCC2)c1.O=C1c2cc3nccnc3cc2OC2CCCN12. The van der Waals surface area contributed by atoms with Crippen LogP contribution in [0, 0.1) is 6.92 Å². The third-order valence-electron chi connectivity index (χ3n) is 15.6. The lowest BCUT2D eigenvalue weighted by Gasteiger charge is -2.31. The summed E-state index contributed by atoms with van der Waals surface area (Å²) < 4.78 is 21.3. The van der Waals surface area contributed by atoms with Crippen molar-refractivity contribution in [1.82, 2.24) is 34.5 Å². The quantitative estimate of drug-likeness (QED) is 0.118. The first-order valence-corrected chi connectivity index (χ1v) is 30.1. The van der Waals surface area contributed by atoms with Crippen LogP contribution in [0.15, 0.2) is 122 Å². The third-order valence-corrected chi connectivity index (χ3v) is 15.6. The maximum Gasteiger partial charge on any atom is 0.260 e. The van der Waals surface area contributed by atoms with Crippen LogP contribution >= 0.6 is 0 Å². The molecule has 86 heavy (non-hydrogen) atoms. The molecule has 5 fully saturated rings. The highest BCUT2D eigenvalue weighted by atomic mass is 16.5. The number of hydrogen-bond acceptors (Lipinski definition) is 13. The van der Waals surface area contributed by atoms with Gasteiger partial charge in [0.15, 0.2) is 6.23 Å². The van der Waals surface area contributed by atoms with Crippen molar-refractivity contribution in [2.24, 2.45) is 0 Å². The number of fused-ring (bicyclic) bond motifs is 3. The van der Waals surface area contributed by atoms with E-state index in [4.69, 9.17) is 23.7 Å². The molecule has 18 heteroatoms. The summed E-state index contributed by atoms with van der Waals surface area (Å²) in [4.78, 5) is 97.6. The topological polar surface area (TPSA) is 198 Å². The van der Waals surface area contributed by atoms with Crippen LogP contribution in [0.4, 0.5) is 0 Å². The average Bonchev–Trinajstić information content (AvgIpc) is 2.66. The monoisotopic (exact) mass is 1170 g/mol. The van der Waals surface area contributed by atoms with Crippen LogP contribution < -0.4 is 9.47 Å². The maximum absolute atomic E-state index is 12.3. The molecule has 6 amide bonds. The third kappa shape index (κ3) is 18.3. The van der Waals surface area contributed by atoms with E-state index in [-0.39, 0.29) is 41.7 Å². The van der Waals surface area contributed by atoms with Crippen LogP contribution in [-0.4, -0.2) is 156 Å². The molecule has 7 heterocycles. The number of aromatic nitrogens is 2. The number of hydrogen-bond donors (Lipinski definition) is 0. The molecule has 0 N–H and O–H groups in total. The van der Waals surface area contributed by atoms with Crippen molar-refractivity contribution >= 4 is 53.3 Å². The van der Waals surface area contributed by atoms with Gasteiger partial charge in [-0.2, -0.15) is 0 Å². The lowest BCUT2D eigenvalue weighted by atomic mass is 10.1. The minimum absolute atomic E-state index is 0.0475. The molecule has 12 rings (SSSR count). The summed E-state index contributed by atoms with van der Waals surface area (Å²) in [6, 6.07) is 33.7. The maximum atomic E-state index is 12.3. The first-order valence-electron chi connectivity index (χ1n) is 30.1. The van der Waals surface area contributed by atoms with E-state index in [2.05, 4.69) is 9.97 Å². The molecule has 0 spiro atoms. The Morgan fingerprint density at radius 1 is 0.558 bits per heavy atom. The molecule has 6 aromatic rings. The Hall–Kier alpha value is -8.35. The Morgan fingerprint density at radius 2 is 1.06 bits per heavy atom. The van der Waals surface area contributed by atoms with Crippen molar-refractivity contribution in [2.45, 2.75) is 117 Å². The second kappa shape index (κ2) is 34.0. The predicted octanol–water partition coefficient (Wildman–Crippen LogP) is 10.8. The van der Waals surface area contributed by atoms with E-state index in [9.17, 15) is 28.8 Å². The predicted molar refractivity (Wildman–Crippen MR) is 329 cm³/mol. The number of rotatable bonds is 10. The van der Waals surface area contributed by atoms with E-state index in [1.807, 2.05) is 114 Å². The van der Waals surface area contributed by atoms with Gasteiger partial charge in [-0.25, -0.2) is 0 Å². The number of ether oxygens (including phenoxy) is 4. The van der Waals surface area contributed by atoms with E-state index in [0.717, 1.165) is 148 Å². The normalized spacial score (nSPS) is 16.7. The fourth-order valence-corrected chi connectivity index (χ4v) is 10.9. The number of aryl methyl sites for hydroxylation is 1. The van der Waals surface area contributed by atoms with Crippen LogP contribution in [0.2, 0.25) is 0 Å². The Morgan fingerprint density at radius 3 is 1.55 bits per heavy atom. The zero-order chi connectivity index (χ0) is 61.2.